The first-order valence-electron chi connectivity index (χ1n) is 4.70. The summed E-state index contributed by atoms with van der Waals surface area (Å²) in [5.74, 6) is 0. The minimum Gasteiger partial charge on any atom is -0.377 e. The standard InChI is InChI=1S/C11H15NO/c1-13-11-7-6-10(12)8-4-2-3-5-9(8)11/h2-5,10-11H,6-7,12H2,1H3/t10-,11+/m1/s1. The first kappa shape index (κ1) is 8.73. The highest BCUT2D eigenvalue weighted by Crippen LogP contribution is 2.36. The Bertz CT molecular complexity index is 298. The maximum absolute atomic E-state index is 6.01. The zero-order valence-electron chi connectivity index (χ0n) is 7.86. The van der Waals surface area contributed by atoms with Gasteiger partial charge in [0.2, 0.25) is 0 Å². The van der Waals surface area contributed by atoms with E-state index in [1.807, 2.05) is 12.1 Å². The molecule has 0 aliphatic heterocycles. The molecule has 0 radical (unpaired) electrons. The van der Waals surface area contributed by atoms with Crippen molar-refractivity contribution in [1.82, 2.24) is 0 Å². The van der Waals surface area contributed by atoms with E-state index in [0.717, 1.165) is 12.8 Å². The first-order chi connectivity index (χ1) is 6.33. The molecule has 70 valence electrons. The third-order valence-electron chi connectivity index (χ3n) is 2.77. The Hall–Kier alpha value is -0.860. The average molecular weight is 177 g/mol. The van der Waals surface area contributed by atoms with E-state index >= 15 is 0 Å². The van der Waals surface area contributed by atoms with Crippen molar-refractivity contribution in [3.05, 3.63) is 35.4 Å². The van der Waals surface area contributed by atoms with Gasteiger partial charge in [-0.3, -0.25) is 0 Å². The molecule has 2 heteroatoms. The normalized spacial score (nSPS) is 26.9. The number of nitrogens with two attached hydrogens (primary N) is 1. The quantitative estimate of drug-likeness (QED) is 0.713. The van der Waals surface area contributed by atoms with Gasteiger partial charge in [0.25, 0.3) is 0 Å². The third kappa shape index (κ3) is 1.47. The molecule has 0 bridgehead atoms. The molecule has 0 heterocycles. The number of ether oxygens (including phenoxy) is 1. The van der Waals surface area contributed by atoms with E-state index in [4.69, 9.17) is 10.5 Å². The van der Waals surface area contributed by atoms with Crippen LogP contribution in [0.3, 0.4) is 0 Å². The number of benzene rings is 1. The second-order valence-electron chi connectivity index (χ2n) is 3.54. The molecule has 0 fully saturated rings. The average Bonchev–Trinajstić information content (AvgIpc) is 2.19. The van der Waals surface area contributed by atoms with Gasteiger partial charge in [-0.1, -0.05) is 24.3 Å². The number of fused-ring (bicyclic) bond motifs is 1. The fraction of sp³-hybridized carbons (Fsp3) is 0.455. The maximum Gasteiger partial charge on any atom is 0.0825 e. The lowest BCUT2D eigenvalue weighted by Crippen LogP contribution is -2.21. The largest absolute Gasteiger partial charge is 0.377 e. The van der Waals surface area contributed by atoms with Crippen molar-refractivity contribution < 1.29 is 4.74 Å². The van der Waals surface area contributed by atoms with Gasteiger partial charge in [0.1, 0.15) is 0 Å². The van der Waals surface area contributed by atoms with Crippen LogP contribution in [0.25, 0.3) is 0 Å². The van der Waals surface area contributed by atoms with E-state index in [9.17, 15) is 0 Å². The molecule has 1 aliphatic rings. The summed E-state index contributed by atoms with van der Waals surface area (Å²) in [5.41, 5.74) is 8.53. The lowest BCUT2D eigenvalue weighted by molar-refractivity contribution is 0.0845. The number of methoxy groups -OCH3 is 1. The molecule has 1 aliphatic carbocycles. The van der Waals surface area contributed by atoms with E-state index < -0.39 is 0 Å². The Kier molecular flexibility index (Phi) is 2.34. The molecule has 0 unspecified atom stereocenters. The molecule has 2 rings (SSSR count). The monoisotopic (exact) mass is 177 g/mol. The van der Waals surface area contributed by atoms with Crippen LogP contribution in [0.4, 0.5) is 0 Å². The van der Waals surface area contributed by atoms with Crippen LogP contribution in [0.5, 0.6) is 0 Å². The molecule has 0 aromatic heterocycles. The molecular formula is C11H15NO. The zero-order chi connectivity index (χ0) is 9.26. The van der Waals surface area contributed by atoms with Crippen molar-refractivity contribution >= 4 is 0 Å². The summed E-state index contributed by atoms with van der Waals surface area (Å²) in [6, 6.07) is 8.50. The minimum atomic E-state index is 0.197. The lowest BCUT2D eigenvalue weighted by atomic mass is 9.86. The summed E-state index contributed by atoms with van der Waals surface area (Å²) < 4.78 is 5.41. The SMILES string of the molecule is CO[C@H]1CC[C@@H](N)c2ccccc21. The van der Waals surface area contributed by atoms with Gasteiger partial charge in [0.15, 0.2) is 0 Å². The summed E-state index contributed by atoms with van der Waals surface area (Å²) in [4.78, 5) is 0. The van der Waals surface area contributed by atoms with Gasteiger partial charge in [0, 0.05) is 13.2 Å². The molecule has 0 saturated carbocycles. The number of hydrogen-bond donors (Lipinski definition) is 1. The molecule has 1 aromatic carbocycles. The Labute approximate surface area is 78.7 Å². The van der Waals surface area contributed by atoms with Crippen molar-refractivity contribution in [2.24, 2.45) is 5.73 Å². The molecule has 2 atom stereocenters. The van der Waals surface area contributed by atoms with Crippen LogP contribution in [0.2, 0.25) is 0 Å². The fourth-order valence-corrected chi connectivity index (χ4v) is 2.03. The van der Waals surface area contributed by atoms with Crippen molar-refractivity contribution in [3.8, 4) is 0 Å². The summed E-state index contributed by atoms with van der Waals surface area (Å²) in [5, 5.41) is 0. The van der Waals surface area contributed by atoms with Gasteiger partial charge in [-0.2, -0.15) is 0 Å². The van der Waals surface area contributed by atoms with Crippen LogP contribution in [0.15, 0.2) is 24.3 Å². The molecule has 2 N–H and O–H groups in total. The van der Waals surface area contributed by atoms with Crippen molar-refractivity contribution in [1.29, 1.82) is 0 Å². The van der Waals surface area contributed by atoms with Gasteiger partial charge >= 0.3 is 0 Å². The Balaban J connectivity index is 2.42. The summed E-state index contributed by atoms with van der Waals surface area (Å²) in [6.07, 6.45) is 2.31. The molecule has 2 nitrogen and oxygen atoms in total. The molecule has 1 aromatic rings. The maximum atomic E-state index is 6.01. The second kappa shape index (κ2) is 3.48. The predicted molar refractivity (Wildman–Crippen MR) is 52.4 cm³/mol. The predicted octanol–water partition coefficient (Wildman–Crippen LogP) is 2.17. The number of rotatable bonds is 1. The van der Waals surface area contributed by atoms with E-state index in [1.54, 1.807) is 7.11 Å². The van der Waals surface area contributed by atoms with Gasteiger partial charge in [-0.25, -0.2) is 0 Å². The highest BCUT2D eigenvalue weighted by molar-refractivity contribution is 5.33. The van der Waals surface area contributed by atoms with Crippen molar-refractivity contribution in [3.63, 3.8) is 0 Å². The molecular weight excluding hydrogens is 162 g/mol. The van der Waals surface area contributed by atoms with E-state index in [1.165, 1.54) is 11.1 Å². The van der Waals surface area contributed by atoms with Gasteiger partial charge < -0.3 is 10.5 Å². The molecule has 0 amide bonds. The van der Waals surface area contributed by atoms with Crippen LogP contribution in [0, 0.1) is 0 Å². The number of hydrogen-bond acceptors (Lipinski definition) is 2. The van der Waals surface area contributed by atoms with Crippen LogP contribution in [0.1, 0.15) is 36.1 Å². The lowest BCUT2D eigenvalue weighted by Gasteiger charge is -2.28. The van der Waals surface area contributed by atoms with E-state index in [0.29, 0.717) is 0 Å². The first-order valence-corrected chi connectivity index (χ1v) is 4.70. The van der Waals surface area contributed by atoms with Gasteiger partial charge in [-0.15, -0.1) is 0 Å². The minimum absolute atomic E-state index is 0.197. The van der Waals surface area contributed by atoms with Gasteiger partial charge in [-0.05, 0) is 24.0 Å². The van der Waals surface area contributed by atoms with Crippen LogP contribution in [-0.2, 0) is 4.74 Å². The second-order valence-corrected chi connectivity index (χ2v) is 3.54. The highest BCUT2D eigenvalue weighted by atomic mass is 16.5. The third-order valence-corrected chi connectivity index (χ3v) is 2.77. The Morgan fingerprint density at radius 3 is 2.62 bits per heavy atom. The zero-order valence-corrected chi connectivity index (χ0v) is 7.86. The van der Waals surface area contributed by atoms with Crippen molar-refractivity contribution in [2.45, 2.75) is 25.0 Å². The highest BCUT2D eigenvalue weighted by Gasteiger charge is 2.23. The fourth-order valence-electron chi connectivity index (χ4n) is 2.03. The van der Waals surface area contributed by atoms with E-state index in [-0.39, 0.29) is 12.1 Å². The van der Waals surface area contributed by atoms with E-state index in [2.05, 4.69) is 12.1 Å². The summed E-state index contributed by atoms with van der Waals surface area (Å²) in [7, 11) is 1.76. The molecule has 13 heavy (non-hydrogen) atoms. The van der Waals surface area contributed by atoms with Crippen molar-refractivity contribution in [2.75, 3.05) is 7.11 Å². The summed E-state index contributed by atoms with van der Waals surface area (Å²) in [6.45, 7) is 0. The Morgan fingerprint density at radius 2 is 1.92 bits per heavy atom. The Morgan fingerprint density at radius 1 is 1.23 bits per heavy atom. The van der Waals surface area contributed by atoms with Gasteiger partial charge in [0.05, 0.1) is 6.10 Å². The summed E-state index contributed by atoms with van der Waals surface area (Å²) >= 11 is 0. The molecule has 0 spiro atoms. The molecule has 0 saturated heterocycles. The topological polar surface area (TPSA) is 35.2 Å². The smallest absolute Gasteiger partial charge is 0.0825 e. The van der Waals surface area contributed by atoms with Crippen LogP contribution in [-0.4, -0.2) is 7.11 Å². The van der Waals surface area contributed by atoms with Crippen LogP contribution < -0.4 is 5.73 Å². The van der Waals surface area contributed by atoms with Crippen LogP contribution >= 0.6 is 0 Å².